The average molecular weight is 305 g/mol. The average Bonchev–Trinajstić information content (AvgIpc) is 2.43. The van der Waals surface area contributed by atoms with Gasteiger partial charge >= 0.3 is 0 Å². The SMILES string of the molecule is Cc1ccc(Cl)cc1C(C)C(c1cnc(N)nc1)N(C)C. The van der Waals surface area contributed by atoms with Crippen LogP contribution in [-0.2, 0) is 0 Å². The minimum atomic E-state index is 0.155. The van der Waals surface area contributed by atoms with E-state index < -0.39 is 0 Å². The first-order valence-corrected chi connectivity index (χ1v) is 7.28. The number of likely N-dealkylation sites (N-methyl/N-ethyl adjacent to an activating group) is 1. The summed E-state index contributed by atoms with van der Waals surface area (Å²) in [5, 5.41) is 0.758. The second-order valence-electron chi connectivity index (χ2n) is 5.57. The van der Waals surface area contributed by atoms with Gasteiger partial charge in [-0.3, -0.25) is 0 Å². The van der Waals surface area contributed by atoms with Gasteiger partial charge in [0.15, 0.2) is 0 Å². The molecule has 2 N–H and O–H groups in total. The number of nitrogens with zero attached hydrogens (tertiary/aromatic N) is 3. The van der Waals surface area contributed by atoms with Crippen molar-refractivity contribution in [1.82, 2.24) is 14.9 Å². The normalized spacial score (nSPS) is 14.2. The predicted molar refractivity (Wildman–Crippen MR) is 87.5 cm³/mol. The fraction of sp³-hybridized carbons (Fsp3) is 0.375. The summed E-state index contributed by atoms with van der Waals surface area (Å²) in [5.74, 6) is 0.550. The van der Waals surface area contributed by atoms with Crippen molar-refractivity contribution in [2.75, 3.05) is 19.8 Å². The molecule has 0 spiro atoms. The molecule has 2 unspecified atom stereocenters. The van der Waals surface area contributed by atoms with Gasteiger partial charge < -0.3 is 10.6 Å². The second kappa shape index (κ2) is 6.41. The molecule has 0 aliphatic heterocycles. The third-order valence-corrected chi connectivity index (χ3v) is 4.03. The molecule has 0 saturated heterocycles. The van der Waals surface area contributed by atoms with Gasteiger partial charge in [0, 0.05) is 34.9 Å². The van der Waals surface area contributed by atoms with Gasteiger partial charge in [-0.2, -0.15) is 0 Å². The van der Waals surface area contributed by atoms with E-state index in [1.807, 2.05) is 12.1 Å². The smallest absolute Gasteiger partial charge is 0.219 e. The fourth-order valence-electron chi connectivity index (χ4n) is 2.81. The molecule has 0 radical (unpaired) electrons. The van der Waals surface area contributed by atoms with Crippen LogP contribution in [0, 0.1) is 6.92 Å². The molecular weight excluding hydrogens is 284 g/mol. The Morgan fingerprint density at radius 2 is 1.81 bits per heavy atom. The molecular formula is C16H21ClN4. The molecule has 2 rings (SSSR count). The van der Waals surface area contributed by atoms with Crippen LogP contribution in [0.15, 0.2) is 30.6 Å². The van der Waals surface area contributed by atoms with E-state index in [2.05, 4.69) is 48.9 Å². The van der Waals surface area contributed by atoms with E-state index in [1.165, 1.54) is 11.1 Å². The first kappa shape index (κ1) is 15.7. The molecule has 1 heterocycles. The number of aromatic nitrogens is 2. The standard InChI is InChI=1S/C16H21ClN4/c1-10-5-6-13(17)7-14(10)11(2)15(21(3)4)12-8-19-16(18)20-9-12/h5-9,11,15H,1-4H3,(H2,18,19,20). The highest BCUT2D eigenvalue weighted by molar-refractivity contribution is 6.30. The quantitative estimate of drug-likeness (QED) is 0.940. The first-order chi connectivity index (χ1) is 9.90. The number of hydrogen-bond acceptors (Lipinski definition) is 4. The predicted octanol–water partition coefficient (Wildman–Crippen LogP) is 3.43. The van der Waals surface area contributed by atoms with Crippen LogP contribution in [0.2, 0.25) is 5.02 Å². The molecule has 0 fully saturated rings. The Balaban J connectivity index is 2.42. The summed E-state index contributed by atoms with van der Waals surface area (Å²) >= 11 is 6.16. The molecule has 1 aromatic heterocycles. The number of hydrogen-bond donors (Lipinski definition) is 1. The Hall–Kier alpha value is -1.65. The van der Waals surface area contributed by atoms with Crippen molar-refractivity contribution < 1.29 is 0 Å². The molecule has 1 aromatic carbocycles. The fourth-order valence-corrected chi connectivity index (χ4v) is 2.99. The lowest BCUT2D eigenvalue weighted by Crippen LogP contribution is -2.25. The summed E-state index contributed by atoms with van der Waals surface area (Å²) < 4.78 is 0. The van der Waals surface area contributed by atoms with Gasteiger partial charge in [-0.25, -0.2) is 9.97 Å². The Morgan fingerprint density at radius 3 is 2.38 bits per heavy atom. The van der Waals surface area contributed by atoms with Gasteiger partial charge in [0.1, 0.15) is 0 Å². The lowest BCUT2D eigenvalue weighted by Gasteiger charge is -2.31. The summed E-state index contributed by atoms with van der Waals surface area (Å²) in [6, 6.07) is 6.17. The zero-order chi connectivity index (χ0) is 15.6. The minimum absolute atomic E-state index is 0.155. The molecule has 2 atom stereocenters. The highest BCUT2D eigenvalue weighted by Gasteiger charge is 2.25. The van der Waals surface area contributed by atoms with Crippen LogP contribution in [0.5, 0.6) is 0 Å². The van der Waals surface area contributed by atoms with Crippen LogP contribution in [0.25, 0.3) is 0 Å². The van der Waals surface area contributed by atoms with Crippen LogP contribution in [0.3, 0.4) is 0 Å². The minimum Gasteiger partial charge on any atom is -0.368 e. The Kier molecular flexibility index (Phi) is 4.80. The second-order valence-corrected chi connectivity index (χ2v) is 6.01. The van der Waals surface area contributed by atoms with Crippen LogP contribution >= 0.6 is 11.6 Å². The lowest BCUT2D eigenvalue weighted by atomic mass is 9.86. The van der Waals surface area contributed by atoms with Crippen molar-refractivity contribution in [2.45, 2.75) is 25.8 Å². The Morgan fingerprint density at radius 1 is 1.19 bits per heavy atom. The monoisotopic (exact) mass is 304 g/mol. The van der Waals surface area contributed by atoms with Gasteiger partial charge in [0.2, 0.25) is 5.95 Å². The van der Waals surface area contributed by atoms with E-state index in [1.54, 1.807) is 12.4 Å². The van der Waals surface area contributed by atoms with Gasteiger partial charge in [-0.1, -0.05) is 24.6 Å². The Labute approximate surface area is 131 Å². The van der Waals surface area contributed by atoms with Gasteiger partial charge in [0.05, 0.1) is 0 Å². The summed E-state index contributed by atoms with van der Waals surface area (Å²) in [4.78, 5) is 10.4. The van der Waals surface area contributed by atoms with E-state index in [-0.39, 0.29) is 12.0 Å². The van der Waals surface area contributed by atoms with Crippen molar-refractivity contribution in [1.29, 1.82) is 0 Å². The molecule has 0 amide bonds. The number of halogens is 1. The molecule has 0 aliphatic carbocycles. The third kappa shape index (κ3) is 3.52. The molecule has 5 heteroatoms. The highest BCUT2D eigenvalue weighted by Crippen LogP contribution is 2.36. The van der Waals surface area contributed by atoms with Crippen molar-refractivity contribution in [3.05, 3.63) is 52.3 Å². The third-order valence-electron chi connectivity index (χ3n) is 3.80. The van der Waals surface area contributed by atoms with Crippen LogP contribution in [-0.4, -0.2) is 29.0 Å². The molecule has 4 nitrogen and oxygen atoms in total. The molecule has 21 heavy (non-hydrogen) atoms. The van der Waals surface area contributed by atoms with Crippen LogP contribution in [0.1, 0.15) is 35.6 Å². The molecule has 112 valence electrons. The first-order valence-electron chi connectivity index (χ1n) is 6.90. The van der Waals surface area contributed by atoms with Crippen LogP contribution < -0.4 is 5.73 Å². The van der Waals surface area contributed by atoms with E-state index in [0.717, 1.165) is 10.6 Å². The van der Waals surface area contributed by atoms with Gasteiger partial charge in [-0.15, -0.1) is 0 Å². The molecule has 0 bridgehead atoms. The maximum atomic E-state index is 6.16. The number of nitrogen functional groups attached to an aromatic ring is 1. The largest absolute Gasteiger partial charge is 0.368 e. The van der Waals surface area contributed by atoms with E-state index in [9.17, 15) is 0 Å². The maximum absolute atomic E-state index is 6.16. The molecule has 0 aliphatic rings. The van der Waals surface area contributed by atoms with Crippen molar-refractivity contribution >= 4 is 17.5 Å². The number of nitrogens with two attached hydrogens (primary N) is 1. The zero-order valence-corrected chi connectivity index (χ0v) is 13.6. The van der Waals surface area contributed by atoms with Gasteiger partial charge in [-0.05, 0) is 44.3 Å². The molecule has 2 aromatic rings. The number of aryl methyl sites for hydroxylation is 1. The highest BCUT2D eigenvalue weighted by atomic mass is 35.5. The number of benzene rings is 1. The summed E-state index contributed by atoms with van der Waals surface area (Å²) in [5.41, 5.74) is 9.09. The van der Waals surface area contributed by atoms with Crippen molar-refractivity contribution in [2.24, 2.45) is 0 Å². The number of anilines is 1. The van der Waals surface area contributed by atoms with Gasteiger partial charge in [0.25, 0.3) is 0 Å². The summed E-state index contributed by atoms with van der Waals surface area (Å²) in [7, 11) is 4.11. The maximum Gasteiger partial charge on any atom is 0.219 e. The Bertz CT molecular complexity index is 610. The van der Waals surface area contributed by atoms with Crippen LogP contribution in [0.4, 0.5) is 5.95 Å². The van der Waals surface area contributed by atoms with E-state index in [0.29, 0.717) is 5.95 Å². The van der Waals surface area contributed by atoms with E-state index >= 15 is 0 Å². The summed E-state index contributed by atoms with van der Waals surface area (Å²) in [6.07, 6.45) is 3.59. The van der Waals surface area contributed by atoms with E-state index in [4.69, 9.17) is 17.3 Å². The summed E-state index contributed by atoms with van der Waals surface area (Å²) in [6.45, 7) is 4.30. The van der Waals surface area contributed by atoms with Crippen molar-refractivity contribution in [3.63, 3.8) is 0 Å². The topological polar surface area (TPSA) is 55.0 Å². The molecule has 0 saturated carbocycles. The number of rotatable bonds is 4. The van der Waals surface area contributed by atoms with Crippen molar-refractivity contribution in [3.8, 4) is 0 Å². The lowest BCUT2D eigenvalue weighted by molar-refractivity contribution is 0.264. The zero-order valence-electron chi connectivity index (χ0n) is 12.8.